The second-order valence-electron chi connectivity index (χ2n) is 5.10. The van der Waals surface area contributed by atoms with Gasteiger partial charge in [-0.15, -0.1) is 0 Å². The van der Waals surface area contributed by atoms with E-state index in [4.69, 9.17) is 9.47 Å². The number of fused-ring (bicyclic) bond motifs is 1. The van der Waals surface area contributed by atoms with Crippen molar-refractivity contribution >= 4 is 0 Å². The van der Waals surface area contributed by atoms with Crippen LogP contribution in [0.3, 0.4) is 0 Å². The minimum Gasteiger partial charge on any atom is -0.490 e. The molecular weight excluding hydrogens is 216 g/mol. The lowest BCUT2D eigenvalue weighted by molar-refractivity contribution is 0.00871. The van der Waals surface area contributed by atoms with Crippen molar-refractivity contribution in [3.05, 3.63) is 23.8 Å². The average Bonchev–Trinajstić information content (AvgIpc) is 2.25. The Hall–Kier alpha value is -1.22. The van der Waals surface area contributed by atoms with Crippen LogP contribution in [-0.4, -0.2) is 17.3 Å². The topological polar surface area (TPSA) is 38.7 Å². The summed E-state index contributed by atoms with van der Waals surface area (Å²) in [5, 5.41) is 10.1. The van der Waals surface area contributed by atoms with Gasteiger partial charge >= 0.3 is 0 Å². The molecule has 1 N–H and O–H groups in total. The molecule has 1 aliphatic rings. The van der Waals surface area contributed by atoms with E-state index < -0.39 is 6.10 Å². The van der Waals surface area contributed by atoms with E-state index in [9.17, 15) is 5.11 Å². The maximum absolute atomic E-state index is 10.1. The molecule has 17 heavy (non-hydrogen) atoms. The predicted molar refractivity (Wildman–Crippen MR) is 66.5 cm³/mol. The highest BCUT2D eigenvalue weighted by molar-refractivity contribution is 5.49. The SMILES string of the molecule is CCCOc1cccc2c1OC(C)(C)CC2O. The van der Waals surface area contributed by atoms with Crippen LogP contribution in [0.15, 0.2) is 18.2 Å². The third kappa shape index (κ3) is 2.55. The van der Waals surface area contributed by atoms with E-state index in [1.807, 2.05) is 32.0 Å². The fourth-order valence-corrected chi connectivity index (χ4v) is 2.12. The molecule has 2 rings (SSSR count). The highest BCUT2D eigenvalue weighted by Gasteiger charge is 2.34. The Morgan fingerprint density at radius 2 is 2.24 bits per heavy atom. The van der Waals surface area contributed by atoms with Gasteiger partial charge in [-0.05, 0) is 26.3 Å². The number of aliphatic hydroxyl groups excluding tert-OH is 1. The molecule has 94 valence electrons. The summed E-state index contributed by atoms with van der Waals surface area (Å²) >= 11 is 0. The lowest BCUT2D eigenvalue weighted by Gasteiger charge is -2.36. The number of benzene rings is 1. The zero-order chi connectivity index (χ0) is 12.5. The molecule has 3 heteroatoms. The molecule has 0 saturated carbocycles. The molecule has 1 unspecified atom stereocenters. The van der Waals surface area contributed by atoms with E-state index >= 15 is 0 Å². The van der Waals surface area contributed by atoms with E-state index in [0.29, 0.717) is 18.8 Å². The van der Waals surface area contributed by atoms with Crippen molar-refractivity contribution in [1.82, 2.24) is 0 Å². The maximum atomic E-state index is 10.1. The summed E-state index contributed by atoms with van der Waals surface area (Å²) in [6.07, 6.45) is 1.09. The summed E-state index contributed by atoms with van der Waals surface area (Å²) in [4.78, 5) is 0. The molecule has 0 radical (unpaired) electrons. The van der Waals surface area contributed by atoms with Gasteiger partial charge in [0.2, 0.25) is 0 Å². The summed E-state index contributed by atoms with van der Waals surface area (Å²) < 4.78 is 11.6. The standard InChI is InChI=1S/C14H20O3/c1-4-8-16-12-7-5-6-10-11(15)9-14(2,3)17-13(10)12/h5-7,11,15H,4,8-9H2,1-3H3. The smallest absolute Gasteiger partial charge is 0.167 e. The van der Waals surface area contributed by atoms with Gasteiger partial charge in [0, 0.05) is 12.0 Å². The molecule has 1 atom stereocenters. The van der Waals surface area contributed by atoms with Crippen LogP contribution in [0.2, 0.25) is 0 Å². The van der Waals surface area contributed by atoms with E-state index in [0.717, 1.165) is 17.7 Å². The fourth-order valence-electron chi connectivity index (χ4n) is 2.12. The van der Waals surface area contributed by atoms with E-state index in [1.54, 1.807) is 0 Å². The van der Waals surface area contributed by atoms with E-state index in [2.05, 4.69) is 6.92 Å². The van der Waals surface area contributed by atoms with Crippen molar-refractivity contribution in [2.24, 2.45) is 0 Å². The van der Waals surface area contributed by atoms with Crippen molar-refractivity contribution in [3.63, 3.8) is 0 Å². The third-order valence-electron chi connectivity index (χ3n) is 2.89. The van der Waals surface area contributed by atoms with Gasteiger partial charge in [-0.2, -0.15) is 0 Å². The first-order chi connectivity index (χ1) is 8.03. The van der Waals surface area contributed by atoms with Crippen molar-refractivity contribution in [1.29, 1.82) is 0 Å². The van der Waals surface area contributed by atoms with Crippen LogP contribution in [0.25, 0.3) is 0 Å². The van der Waals surface area contributed by atoms with Crippen molar-refractivity contribution in [2.75, 3.05) is 6.61 Å². The van der Waals surface area contributed by atoms with Crippen molar-refractivity contribution in [3.8, 4) is 11.5 Å². The van der Waals surface area contributed by atoms with Crippen molar-refractivity contribution in [2.45, 2.75) is 45.3 Å². The second kappa shape index (κ2) is 4.57. The summed E-state index contributed by atoms with van der Waals surface area (Å²) in [5.74, 6) is 1.43. The molecule has 0 amide bonds. The Bertz CT molecular complexity index is 398. The first-order valence-electron chi connectivity index (χ1n) is 6.16. The Labute approximate surface area is 102 Å². The molecule has 0 aromatic heterocycles. The summed E-state index contributed by atoms with van der Waals surface area (Å²) in [6.45, 7) is 6.69. The number of rotatable bonds is 3. The summed E-state index contributed by atoms with van der Waals surface area (Å²) in [5.41, 5.74) is 0.482. The third-order valence-corrected chi connectivity index (χ3v) is 2.89. The minimum absolute atomic E-state index is 0.349. The Balaban J connectivity index is 2.35. The number of aliphatic hydroxyl groups is 1. The van der Waals surface area contributed by atoms with Gasteiger partial charge in [-0.1, -0.05) is 19.1 Å². The molecule has 1 heterocycles. The first kappa shape index (κ1) is 12.2. The van der Waals surface area contributed by atoms with Gasteiger partial charge in [-0.25, -0.2) is 0 Å². The van der Waals surface area contributed by atoms with E-state index in [1.165, 1.54) is 0 Å². The normalized spacial score (nSPS) is 21.5. The molecule has 0 saturated heterocycles. The molecule has 0 bridgehead atoms. The van der Waals surface area contributed by atoms with Crippen LogP contribution in [-0.2, 0) is 0 Å². The number of hydrogen-bond acceptors (Lipinski definition) is 3. The molecule has 0 aliphatic carbocycles. The average molecular weight is 236 g/mol. The molecule has 0 spiro atoms. The van der Waals surface area contributed by atoms with Crippen LogP contribution < -0.4 is 9.47 Å². The Morgan fingerprint density at radius 3 is 2.94 bits per heavy atom. The second-order valence-corrected chi connectivity index (χ2v) is 5.10. The zero-order valence-electron chi connectivity index (χ0n) is 10.7. The Morgan fingerprint density at radius 1 is 1.47 bits per heavy atom. The van der Waals surface area contributed by atoms with Gasteiger partial charge < -0.3 is 14.6 Å². The highest BCUT2D eigenvalue weighted by Crippen LogP contribution is 2.44. The van der Waals surface area contributed by atoms with E-state index in [-0.39, 0.29) is 5.60 Å². The summed E-state index contributed by atoms with van der Waals surface area (Å²) in [6, 6.07) is 5.69. The molecule has 1 aliphatic heterocycles. The molecule has 1 aromatic rings. The maximum Gasteiger partial charge on any atom is 0.167 e. The number of ether oxygens (including phenoxy) is 2. The zero-order valence-corrected chi connectivity index (χ0v) is 10.7. The molecule has 3 nitrogen and oxygen atoms in total. The molecule has 0 fully saturated rings. The van der Waals surface area contributed by atoms with Crippen molar-refractivity contribution < 1.29 is 14.6 Å². The van der Waals surface area contributed by atoms with Gasteiger partial charge in [-0.3, -0.25) is 0 Å². The minimum atomic E-state index is -0.473. The van der Waals surface area contributed by atoms with Gasteiger partial charge in [0.25, 0.3) is 0 Å². The van der Waals surface area contributed by atoms with Crippen LogP contribution in [0.4, 0.5) is 0 Å². The number of hydrogen-bond donors (Lipinski definition) is 1. The lowest BCUT2D eigenvalue weighted by Crippen LogP contribution is -2.35. The predicted octanol–water partition coefficient (Wildman–Crippen LogP) is 3.07. The van der Waals surface area contributed by atoms with Crippen LogP contribution >= 0.6 is 0 Å². The van der Waals surface area contributed by atoms with Crippen LogP contribution in [0.5, 0.6) is 11.5 Å². The van der Waals surface area contributed by atoms with Crippen LogP contribution in [0.1, 0.15) is 45.3 Å². The monoisotopic (exact) mass is 236 g/mol. The van der Waals surface area contributed by atoms with Gasteiger partial charge in [0.1, 0.15) is 5.60 Å². The quantitative estimate of drug-likeness (QED) is 0.876. The highest BCUT2D eigenvalue weighted by atomic mass is 16.5. The van der Waals surface area contributed by atoms with Crippen LogP contribution in [0, 0.1) is 0 Å². The first-order valence-corrected chi connectivity index (χ1v) is 6.16. The lowest BCUT2D eigenvalue weighted by atomic mass is 9.91. The fraction of sp³-hybridized carbons (Fsp3) is 0.571. The summed E-state index contributed by atoms with van der Waals surface area (Å²) in [7, 11) is 0. The molecular formula is C14H20O3. The number of para-hydroxylation sites is 1. The largest absolute Gasteiger partial charge is 0.490 e. The Kier molecular flexibility index (Phi) is 3.29. The van der Waals surface area contributed by atoms with Gasteiger partial charge in [0.15, 0.2) is 11.5 Å². The molecule has 1 aromatic carbocycles. The van der Waals surface area contributed by atoms with Gasteiger partial charge in [0.05, 0.1) is 12.7 Å².